The molecule has 1 atom stereocenters. The van der Waals surface area contributed by atoms with Crippen molar-refractivity contribution in [2.24, 2.45) is 0 Å². The Morgan fingerprint density at radius 3 is 1.97 bits per heavy atom. The minimum Gasteiger partial charge on any atom is -0.444 e. The molecule has 35 heavy (non-hydrogen) atoms. The number of benzene rings is 2. The van der Waals surface area contributed by atoms with Gasteiger partial charge in [0.05, 0.1) is 0 Å². The molecule has 190 valence electrons. The van der Waals surface area contributed by atoms with E-state index in [1.165, 1.54) is 4.90 Å². The molecular formula is C28H39N3O4. The van der Waals surface area contributed by atoms with Gasteiger partial charge in [-0.2, -0.15) is 0 Å². The number of hydrogen-bond acceptors (Lipinski definition) is 4. The lowest BCUT2D eigenvalue weighted by molar-refractivity contribution is -0.146. The first-order valence-corrected chi connectivity index (χ1v) is 12.0. The largest absolute Gasteiger partial charge is 0.444 e. The van der Waals surface area contributed by atoms with Crippen LogP contribution in [0.4, 0.5) is 4.79 Å². The quantitative estimate of drug-likeness (QED) is 0.569. The number of alkyl carbamates (subject to hydrolysis) is 1. The van der Waals surface area contributed by atoms with Crippen molar-refractivity contribution in [1.29, 1.82) is 0 Å². The Morgan fingerprint density at radius 2 is 1.46 bits per heavy atom. The first-order valence-electron chi connectivity index (χ1n) is 12.0. The number of nitrogens with one attached hydrogen (secondary N) is 2. The number of ether oxygens (including phenoxy) is 1. The van der Waals surface area contributed by atoms with Crippen molar-refractivity contribution in [1.82, 2.24) is 15.5 Å². The lowest BCUT2D eigenvalue weighted by Crippen LogP contribution is -2.55. The summed E-state index contributed by atoms with van der Waals surface area (Å²) in [4.78, 5) is 40.7. The summed E-state index contributed by atoms with van der Waals surface area (Å²) in [6.45, 7) is 13.0. The molecule has 0 fully saturated rings. The SMILES string of the molecule is CCc1ccc(C(C(=O)NCc2ccccc2)N(C(=O)CNC(=O)OC(C)(C)C)C(C)(C)C)cc1. The summed E-state index contributed by atoms with van der Waals surface area (Å²) in [5, 5.41) is 5.51. The molecule has 2 N–H and O–H groups in total. The number of carbonyl (C=O) groups excluding carboxylic acids is 3. The van der Waals surface area contributed by atoms with Crippen molar-refractivity contribution in [3.63, 3.8) is 0 Å². The molecule has 0 saturated heterocycles. The molecular weight excluding hydrogens is 442 g/mol. The van der Waals surface area contributed by atoms with E-state index in [2.05, 4.69) is 17.6 Å². The van der Waals surface area contributed by atoms with E-state index in [0.29, 0.717) is 12.1 Å². The van der Waals surface area contributed by atoms with Gasteiger partial charge < -0.3 is 20.3 Å². The second-order valence-corrected chi connectivity index (χ2v) is 10.5. The van der Waals surface area contributed by atoms with Crippen molar-refractivity contribution < 1.29 is 19.1 Å². The van der Waals surface area contributed by atoms with Gasteiger partial charge >= 0.3 is 6.09 Å². The van der Waals surface area contributed by atoms with Gasteiger partial charge in [0.2, 0.25) is 11.8 Å². The van der Waals surface area contributed by atoms with E-state index in [1.54, 1.807) is 20.8 Å². The summed E-state index contributed by atoms with van der Waals surface area (Å²) in [5.41, 5.74) is 1.41. The Balaban J connectivity index is 2.34. The van der Waals surface area contributed by atoms with Crippen LogP contribution in [0, 0.1) is 0 Å². The van der Waals surface area contributed by atoms with E-state index in [-0.39, 0.29) is 18.4 Å². The van der Waals surface area contributed by atoms with Gasteiger partial charge in [0.15, 0.2) is 0 Å². The van der Waals surface area contributed by atoms with E-state index in [9.17, 15) is 14.4 Å². The van der Waals surface area contributed by atoms with Gasteiger partial charge in [-0.3, -0.25) is 9.59 Å². The first kappa shape index (κ1) is 27.9. The first-order chi connectivity index (χ1) is 16.3. The molecule has 1 unspecified atom stereocenters. The van der Waals surface area contributed by atoms with E-state index >= 15 is 0 Å². The van der Waals surface area contributed by atoms with Crippen LogP contribution < -0.4 is 10.6 Å². The Hall–Kier alpha value is -3.35. The fraction of sp³-hybridized carbons (Fsp3) is 0.464. The fourth-order valence-electron chi connectivity index (χ4n) is 3.69. The van der Waals surface area contributed by atoms with Crippen LogP contribution in [-0.4, -0.2) is 40.5 Å². The highest BCUT2D eigenvalue weighted by molar-refractivity contribution is 5.91. The summed E-state index contributed by atoms with van der Waals surface area (Å²) in [6.07, 6.45) is 0.185. The molecule has 7 heteroatoms. The molecule has 0 aliphatic heterocycles. The van der Waals surface area contributed by atoms with Crippen molar-refractivity contribution in [3.05, 3.63) is 71.3 Å². The Bertz CT molecular complexity index is 990. The summed E-state index contributed by atoms with van der Waals surface area (Å²) in [7, 11) is 0. The smallest absolute Gasteiger partial charge is 0.408 e. The molecule has 0 aliphatic rings. The molecule has 2 rings (SSSR count). The highest BCUT2D eigenvalue weighted by atomic mass is 16.6. The fourth-order valence-corrected chi connectivity index (χ4v) is 3.69. The monoisotopic (exact) mass is 481 g/mol. The van der Waals surface area contributed by atoms with Gasteiger partial charge in [-0.15, -0.1) is 0 Å². The van der Waals surface area contributed by atoms with Crippen molar-refractivity contribution >= 4 is 17.9 Å². The molecule has 0 aliphatic carbocycles. The van der Waals surface area contributed by atoms with Crippen molar-refractivity contribution in [3.8, 4) is 0 Å². The highest BCUT2D eigenvalue weighted by Crippen LogP contribution is 2.29. The van der Waals surface area contributed by atoms with E-state index < -0.39 is 23.3 Å². The molecule has 0 radical (unpaired) electrons. The zero-order valence-corrected chi connectivity index (χ0v) is 22.0. The Morgan fingerprint density at radius 1 is 0.857 bits per heavy atom. The Kier molecular flexibility index (Phi) is 9.46. The predicted molar refractivity (Wildman–Crippen MR) is 138 cm³/mol. The average Bonchev–Trinajstić information content (AvgIpc) is 2.78. The van der Waals surface area contributed by atoms with Crippen LogP contribution in [-0.2, 0) is 27.3 Å². The Labute approximate surface area is 209 Å². The van der Waals surface area contributed by atoms with Gasteiger partial charge in [-0.25, -0.2) is 4.79 Å². The summed E-state index contributed by atoms with van der Waals surface area (Å²) >= 11 is 0. The minimum absolute atomic E-state index is 0.290. The van der Waals surface area contributed by atoms with Gasteiger partial charge in [-0.05, 0) is 64.7 Å². The minimum atomic E-state index is -0.877. The van der Waals surface area contributed by atoms with Crippen LogP contribution >= 0.6 is 0 Å². The average molecular weight is 482 g/mol. The predicted octanol–water partition coefficient (Wildman–Crippen LogP) is 4.76. The molecule has 3 amide bonds. The number of nitrogens with zero attached hydrogens (tertiary/aromatic N) is 1. The zero-order valence-electron chi connectivity index (χ0n) is 22.0. The van der Waals surface area contributed by atoms with Crippen LogP contribution in [0.1, 0.15) is 71.2 Å². The topological polar surface area (TPSA) is 87.7 Å². The third-order valence-electron chi connectivity index (χ3n) is 5.29. The zero-order chi connectivity index (χ0) is 26.2. The molecule has 2 aromatic carbocycles. The second kappa shape index (κ2) is 11.9. The highest BCUT2D eigenvalue weighted by Gasteiger charge is 2.38. The van der Waals surface area contributed by atoms with Gasteiger partial charge in [0.1, 0.15) is 18.2 Å². The maximum absolute atomic E-state index is 13.6. The van der Waals surface area contributed by atoms with Gasteiger partial charge in [0, 0.05) is 12.1 Å². The number of carbonyl (C=O) groups is 3. The van der Waals surface area contributed by atoms with Crippen molar-refractivity contribution in [2.75, 3.05) is 6.54 Å². The van der Waals surface area contributed by atoms with Gasteiger partial charge in [-0.1, -0.05) is 61.5 Å². The van der Waals surface area contributed by atoms with Crippen LogP contribution in [0.25, 0.3) is 0 Å². The molecule has 0 heterocycles. The summed E-state index contributed by atoms with van der Waals surface area (Å²) < 4.78 is 5.26. The standard InChI is InChI=1S/C28H39N3O4/c1-8-20-14-16-22(17-15-20)24(25(33)29-18-21-12-10-9-11-13-21)31(27(2,3)4)23(32)19-30-26(34)35-28(5,6)7/h9-17,24H,8,18-19H2,1-7H3,(H,29,33)(H,30,34). The number of aryl methyl sites for hydroxylation is 1. The second-order valence-electron chi connectivity index (χ2n) is 10.5. The number of amides is 3. The third kappa shape index (κ3) is 8.74. The molecule has 0 spiro atoms. The normalized spacial score (nSPS) is 12.4. The number of rotatable bonds is 8. The summed E-state index contributed by atoms with van der Waals surface area (Å²) in [6, 6.07) is 16.4. The number of hydrogen-bond donors (Lipinski definition) is 2. The molecule has 0 bridgehead atoms. The molecule has 0 aromatic heterocycles. The maximum atomic E-state index is 13.6. The molecule has 7 nitrogen and oxygen atoms in total. The molecule has 2 aromatic rings. The van der Waals surface area contributed by atoms with E-state index in [0.717, 1.165) is 17.5 Å². The summed E-state index contributed by atoms with van der Waals surface area (Å²) in [5.74, 6) is -0.679. The van der Waals surface area contributed by atoms with E-state index in [4.69, 9.17) is 4.74 Å². The van der Waals surface area contributed by atoms with Crippen LogP contribution in [0.15, 0.2) is 54.6 Å². The lowest BCUT2D eigenvalue weighted by Gasteiger charge is -2.41. The third-order valence-corrected chi connectivity index (χ3v) is 5.29. The van der Waals surface area contributed by atoms with Crippen molar-refractivity contribution in [2.45, 2.75) is 78.6 Å². The van der Waals surface area contributed by atoms with E-state index in [1.807, 2.05) is 75.4 Å². The van der Waals surface area contributed by atoms with Crippen LogP contribution in [0.2, 0.25) is 0 Å². The molecule has 0 saturated carbocycles. The van der Waals surface area contributed by atoms with Gasteiger partial charge in [0.25, 0.3) is 0 Å². The maximum Gasteiger partial charge on any atom is 0.408 e. The van der Waals surface area contributed by atoms with Crippen LogP contribution in [0.5, 0.6) is 0 Å². The lowest BCUT2D eigenvalue weighted by atomic mass is 9.95. The van der Waals surface area contributed by atoms with Crippen LogP contribution in [0.3, 0.4) is 0 Å².